The number of rotatable bonds is 3. The predicted octanol–water partition coefficient (Wildman–Crippen LogP) is 14.2. The summed E-state index contributed by atoms with van der Waals surface area (Å²) in [6, 6.07) is 51.7. The van der Waals surface area contributed by atoms with Crippen LogP contribution in [-0.4, -0.2) is 0 Å². The van der Waals surface area contributed by atoms with Gasteiger partial charge in [0.2, 0.25) is 0 Å². The number of aryl methyl sites for hydroxylation is 2. The molecule has 0 atom stereocenters. The highest BCUT2D eigenvalue weighted by atomic mass is 16.4. The monoisotopic (exact) mass is 654 g/mol. The quantitative estimate of drug-likeness (QED) is 0.178. The fourth-order valence-electron chi connectivity index (χ4n) is 8.43. The van der Waals surface area contributed by atoms with Crippen LogP contribution in [0, 0.1) is 13.8 Å². The molecule has 0 N–H and O–H groups in total. The van der Waals surface area contributed by atoms with Crippen LogP contribution >= 0.6 is 0 Å². The first-order valence-electron chi connectivity index (χ1n) is 17.4. The van der Waals surface area contributed by atoms with Gasteiger partial charge in [-0.05, 0) is 93.5 Å². The lowest BCUT2D eigenvalue weighted by molar-refractivity contribution is 0.575. The summed E-state index contributed by atoms with van der Waals surface area (Å²) < 4.78 is 19.8. The van der Waals surface area contributed by atoms with Crippen molar-refractivity contribution in [3.05, 3.63) is 157 Å². The van der Waals surface area contributed by atoms with E-state index in [1.807, 2.05) is 13.0 Å². The van der Waals surface area contributed by atoms with Crippen molar-refractivity contribution < 1.29 is 13.3 Å². The van der Waals surface area contributed by atoms with Crippen LogP contribution in [0.1, 0.15) is 11.3 Å². The van der Waals surface area contributed by atoms with Crippen LogP contribution < -0.4 is 0 Å². The molecule has 11 aromatic rings. The summed E-state index contributed by atoms with van der Waals surface area (Å²) in [6.45, 7) is 4.21. The molecule has 0 unspecified atom stereocenters. The molecule has 0 bridgehead atoms. The molecule has 240 valence electrons. The highest BCUT2D eigenvalue weighted by Crippen LogP contribution is 2.49. The second-order valence-corrected chi connectivity index (χ2v) is 13.6. The third-order valence-electron chi connectivity index (χ3n) is 10.9. The maximum Gasteiger partial charge on any atom is 0.178 e. The van der Waals surface area contributed by atoms with Gasteiger partial charge in [-0.1, -0.05) is 115 Å². The standard InChI is InChI=1S/C48H30O3/c1-27-28(2)49-42-21-11-19-38(43(27)42)44-31-14-6-8-16-33(31)45(34-17-9-7-15-32(34)44)39-20-10-18-35-36-23-24-37-40-26-30(29-12-4-3-5-13-29)22-25-41(40)50-47(37)48(36)51-46(35)39/h3-26H,1-2H3. The number of hydrogen-bond donors (Lipinski definition) is 0. The third-order valence-corrected chi connectivity index (χ3v) is 10.9. The van der Waals surface area contributed by atoms with Gasteiger partial charge in [-0.15, -0.1) is 0 Å². The van der Waals surface area contributed by atoms with Gasteiger partial charge in [0, 0.05) is 38.1 Å². The molecule has 3 nitrogen and oxygen atoms in total. The molecule has 3 heteroatoms. The van der Waals surface area contributed by atoms with Gasteiger partial charge in [-0.3, -0.25) is 0 Å². The van der Waals surface area contributed by atoms with Crippen LogP contribution in [0.3, 0.4) is 0 Å². The molecule has 0 saturated heterocycles. The lowest BCUT2D eigenvalue weighted by Crippen LogP contribution is -1.92. The van der Waals surface area contributed by atoms with Crippen molar-refractivity contribution in [2.24, 2.45) is 0 Å². The molecule has 0 saturated carbocycles. The summed E-state index contributed by atoms with van der Waals surface area (Å²) in [7, 11) is 0. The first-order chi connectivity index (χ1) is 25.1. The Morgan fingerprint density at radius 3 is 1.65 bits per heavy atom. The normalized spacial score (nSPS) is 12.1. The predicted molar refractivity (Wildman–Crippen MR) is 212 cm³/mol. The minimum absolute atomic E-state index is 0.773. The maximum atomic E-state index is 6.98. The molecular weight excluding hydrogens is 625 g/mol. The molecule has 0 spiro atoms. The number of hydrogen-bond acceptors (Lipinski definition) is 3. The summed E-state index contributed by atoms with van der Waals surface area (Å²) >= 11 is 0. The average Bonchev–Trinajstić information content (AvgIpc) is 3.84. The fourth-order valence-corrected chi connectivity index (χ4v) is 8.43. The molecule has 0 fully saturated rings. The summed E-state index contributed by atoms with van der Waals surface area (Å²) in [6.07, 6.45) is 0. The van der Waals surface area contributed by atoms with Gasteiger partial charge in [-0.2, -0.15) is 0 Å². The zero-order valence-corrected chi connectivity index (χ0v) is 28.1. The zero-order chi connectivity index (χ0) is 33.8. The van der Waals surface area contributed by atoms with E-state index in [1.54, 1.807) is 0 Å². The lowest BCUT2D eigenvalue weighted by Gasteiger charge is -2.18. The molecule has 0 aliphatic carbocycles. The Morgan fingerprint density at radius 1 is 0.353 bits per heavy atom. The molecule has 0 aliphatic rings. The Kier molecular flexibility index (Phi) is 5.80. The Bertz CT molecular complexity index is 3150. The Morgan fingerprint density at radius 2 is 0.922 bits per heavy atom. The summed E-state index contributed by atoms with van der Waals surface area (Å²) in [5, 5.41) is 10.2. The largest absolute Gasteiger partial charge is 0.461 e. The van der Waals surface area contributed by atoms with Crippen molar-refractivity contribution in [2.45, 2.75) is 13.8 Å². The smallest absolute Gasteiger partial charge is 0.178 e. The van der Waals surface area contributed by atoms with E-state index in [4.69, 9.17) is 13.3 Å². The van der Waals surface area contributed by atoms with E-state index in [0.717, 1.165) is 71.9 Å². The summed E-state index contributed by atoms with van der Waals surface area (Å²) in [5.41, 5.74) is 12.3. The first-order valence-corrected chi connectivity index (χ1v) is 17.4. The lowest BCUT2D eigenvalue weighted by atomic mass is 9.84. The first kappa shape index (κ1) is 28.3. The van der Waals surface area contributed by atoms with Crippen LogP contribution in [0.25, 0.3) is 110 Å². The van der Waals surface area contributed by atoms with Crippen molar-refractivity contribution in [3.63, 3.8) is 0 Å². The van der Waals surface area contributed by atoms with Gasteiger partial charge in [0.05, 0.1) is 0 Å². The highest BCUT2D eigenvalue weighted by Gasteiger charge is 2.23. The molecule has 0 radical (unpaired) electrons. The Hall–Kier alpha value is -6.58. The number of para-hydroxylation sites is 1. The maximum absolute atomic E-state index is 6.98. The van der Waals surface area contributed by atoms with E-state index in [-0.39, 0.29) is 0 Å². The minimum Gasteiger partial charge on any atom is -0.461 e. The SMILES string of the molecule is Cc1oc2cccc(-c3c4ccccc4c(-c4cccc5c4oc4c5ccc5c6cc(-c7ccccc7)ccc6oc54)c4ccccc34)c2c1C. The van der Waals surface area contributed by atoms with Gasteiger partial charge >= 0.3 is 0 Å². The second-order valence-electron chi connectivity index (χ2n) is 13.6. The zero-order valence-electron chi connectivity index (χ0n) is 28.1. The number of furan rings is 3. The molecular formula is C48H30O3. The van der Waals surface area contributed by atoms with Gasteiger partial charge < -0.3 is 13.3 Å². The molecule has 3 aromatic heterocycles. The fraction of sp³-hybridized carbons (Fsp3) is 0.0417. The van der Waals surface area contributed by atoms with Crippen molar-refractivity contribution in [3.8, 4) is 33.4 Å². The second kappa shape index (κ2) is 10.5. The molecule has 51 heavy (non-hydrogen) atoms. The molecule has 0 amide bonds. The molecule has 0 aliphatic heterocycles. The molecule has 3 heterocycles. The van der Waals surface area contributed by atoms with Crippen LogP contribution in [-0.2, 0) is 0 Å². The van der Waals surface area contributed by atoms with Crippen LogP contribution in [0.4, 0.5) is 0 Å². The van der Waals surface area contributed by atoms with E-state index < -0.39 is 0 Å². The van der Waals surface area contributed by atoms with Crippen molar-refractivity contribution in [2.75, 3.05) is 0 Å². The van der Waals surface area contributed by atoms with Crippen molar-refractivity contribution in [1.82, 2.24) is 0 Å². The average molecular weight is 655 g/mol. The van der Waals surface area contributed by atoms with Gasteiger partial charge in [0.25, 0.3) is 0 Å². The van der Waals surface area contributed by atoms with E-state index in [2.05, 4.69) is 146 Å². The molecule has 8 aromatic carbocycles. The highest BCUT2D eigenvalue weighted by molar-refractivity contribution is 6.27. The topological polar surface area (TPSA) is 39.4 Å². The summed E-state index contributed by atoms with van der Waals surface area (Å²) in [5.74, 6) is 0.953. The van der Waals surface area contributed by atoms with E-state index in [0.29, 0.717) is 0 Å². The van der Waals surface area contributed by atoms with E-state index in [1.165, 1.54) is 49.2 Å². The minimum atomic E-state index is 0.773. The van der Waals surface area contributed by atoms with Gasteiger partial charge in [0.15, 0.2) is 11.2 Å². The van der Waals surface area contributed by atoms with E-state index >= 15 is 0 Å². The Balaban J connectivity index is 1.20. The number of fused-ring (bicyclic) bond motifs is 10. The summed E-state index contributed by atoms with van der Waals surface area (Å²) in [4.78, 5) is 0. The van der Waals surface area contributed by atoms with E-state index in [9.17, 15) is 0 Å². The van der Waals surface area contributed by atoms with Crippen LogP contribution in [0.5, 0.6) is 0 Å². The van der Waals surface area contributed by atoms with Crippen molar-refractivity contribution >= 4 is 76.4 Å². The van der Waals surface area contributed by atoms with Crippen molar-refractivity contribution in [1.29, 1.82) is 0 Å². The van der Waals surface area contributed by atoms with Crippen LogP contribution in [0.2, 0.25) is 0 Å². The number of benzene rings is 8. The third kappa shape index (κ3) is 3.94. The Labute approximate surface area is 292 Å². The van der Waals surface area contributed by atoms with Crippen LogP contribution in [0.15, 0.2) is 159 Å². The van der Waals surface area contributed by atoms with Gasteiger partial charge in [-0.25, -0.2) is 0 Å². The van der Waals surface area contributed by atoms with Gasteiger partial charge in [0.1, 0.15) is 22.5 Å². The molecule has 11 rings (SSSR count).